The lowest BCUT2D eigenvalue weighted by Gasteiger charge is -2.37. The second-order valence-electron chi connectivity index (χ2n) is 9.11. The van der Waals surface area contributed by atoms with E-state index in [1.807, 2.05) is 4.90 Å². The fourth-order valence-electron chi connectivity index (χ4n) is 5.71. The molecule has 0 unspecified atom stereocenters. The number of hydrogen-bond acceptors (Lipinski definition) is 5. The van der Waals surface area contributed by atoms with Crippen LogP contribution in [0.1, 0.15) is 74.5 Å². The molecule has 0 bridgehead atoms. The van der Waals surface area contributed by atoms with E-state index in [0.29, 0.717) is 18.4 Å². The molecule has 1 aromatic rings. The van der Waals surface area contributed by atoms with Crippen molar-refractivity contribution in [3.05, 3.63) is 27.4 Å². The van der Waals surface area contributed by atoms with E-state index < -0.39 is 0 Å². The van der Waals surface area contributed by atoms with Crippen molar-refractivity contribution in [3.63, 3.8) is 0 Å². The van der Waals surface area contributed by atoms with Crippen molar-refractivity contribution in [3.8, 4) is 0 Å². The van der Waals surface area contributed by atoms with Crippen LogP contribution >= 0.6 is 0 Å². The number of ether oxygens (including phenoxy) is 1. The van der Waals surface area contributed by atoms with E-state index in [0.717, 1.165) is 95.3 Å². The maximum absolute atomic E-state index is 13.0. The lowest BCUT2D eigenvalue weighted by Crippen LogP contribution is -2.45. The van der Waals surface area contributed by atoms with Crippen LogP contribution in [0.15, 0.2) is 4.79 Å². The van der Waals surface area contributed by atoms with Crippen LogP contribution in [0.5, 0.6) is 0 Å². The van der Waals surface area contributed by atoms with Crippen LogP contribution in [-0.2, 0) is 22.5 Å². The Morgan fingerprint density at radius 3 is 2.62 bits per heavy atom. The van der Waals surface area contributed by atoms with Crippen molar-refractivity contribution in [2.24, 2.45) is 5.92 Å². The van der Waals surface area contributed by atoms with Crippen LogP contribution in [-0.4, -0.2) is 58.0 Å². The third-order valence-corrected chi connectivity index (χ3v) is 7.38. The van der Waals surface area contributed by atoms with Gasteiger partial charge in [-0.1, -0.05) is 12.8 Å². The summed E-state index contributed by atoms with van der Waals surface area (Å²) >= 11 is 0. The molecule has 158 valence electrons. The molecule has 1 saturated carbocycles. The summed E-state index contributed by atoms with van der Waals surface area (Å²) < 4.78 is 5.48. The molecule has 4 heterocycles. The van der Waals surface area contributed by atoms with Crippen molar-refractivity contribution >= 4 is 5.91 Å². The molecule has 1 aliphatic carbocycles. The number of carbonyl (C=O) groups excluding carboxylic acids is 1. The number of carbonyl (C=O) groups is 1. The van der Waals surface area contributed by atoms with Crippen LogP contribution in [0.3, 0.4) is 0 Å². The molecule has 1 atom stereocenters. The Balaban J connectivity index is 1.35. The van der Waals surface area contributed by atoms with Gasteiger partial charge in [0.1, 0.15) is 5.82 Å². The molecule has 29 heavy (non-hydrogen) atoms. The molecule has 4 aliphatic rings. The quantitative estimate of drug-likeness (QED) is 0.841. The third kappa shape index (κ3) is 3.75. The molecule has 3 aliphatic heterocycles. The first-order chi connectivity index (χ1) is 14.2. The first-order valence-corrected chi connectivity index (χ1v) is 11.4. The minimum atomic E-state index is -0.0605. The summed E-state index contributed by atoms with van der Waals surface area (Å²) in [6.07, 6.45) is 9.12. The summed E-state index contributed by atoms with van der Waals surface area (Å²) in [7, 11) is 0. The molecule has 3 fully saturated rings. The van der Waals surface area contributed by atoms with Crippen molar-refractivity contribution in [2.45, 2.75) is 76.4 Å². The molecule has 7 nitrogen and oxygen atoms in total. The predicted octanol–water partition coefficient (Wildman–Crippen LogP) is 2.16. The van der Waals surface area contributed by atoms with Crippen LogP contribution in [0.4, 0.5) is 0 Å². The van der Waals surface area contributed by atoms with Crippen LogP contribution in [0.2, 0.25) is 0 Å². The molecule has 1 N–H and O–H groups in total. The van der Waals surface area contributed by atoms with Gasteiger partial charge in [0.15, 0.2) is 0 Å². The molecule has 1 amide bonds. The Bertz CT molecular complexity index is 811. The summed E-state index contributed by atoms with van der Waals surface area (Å²) in [6, 6.07) is 0.444. The Morgan fingerprint density at radius 2 is 1.83 bits per heavy atom. The molecular weight excluding hydrogens is 368 g/mol. The normalized spacial score (nSPS) is 26.8. The maximum Gasteiger partial charge on any atom is 0.255 e. The average molecular weight is 401 g/mol. The summed E-state index contributed by atoms with van der Waals surface area (Å²) in [6.45, 7) is 4.04. The number of amides is 1. The highest BCUT2D eigenvalue weighted by Gasteiger charge is 2.37. The van der Waals surface area contributed by atoms with Gasteiger partial charge in [-0.3, -0.25) is 14.5 Å². The summed E-state index contributed by atoms with van der Waals surface area (Å²) in [5.74, 6) is 1.15. The molecule has 7 heteroatoms. The van der Waals surface area contributed by atoms with Crippen molar-refractivity contribution < 1.29 is 9.53 Å². The summed E-state index contributed by atoms with van der Waals surface area (Å²) in [5.41, 5.74) is 1.74. The van der Waals surface area contributed by atoms with E-state index in [1.54, 1.807) is 0 Å². The zero-order valence-electron chi connectivity index (χ0n) is 17.2. The smallest absolute Gasteiger partial charge is 0.255 e. The van der Waals surface area contributed by atoms with E-state index >= 15 is 0 Å². The topological polar surface area (TPSA) is 78.5 Å². The van der Waals surface area contributed by atoms with Gasteiger partial charge in [0, 0.05) is 51.2 Å². The fraction of sp³-hybridized carbons (Fsp3) is 0.773. The number of likely N-dealkylation sites (tertiary alicyclic amines) is 1. The second-order valence-corrected chi connectivity index (χ2v) is 9.11. The van der Waals surface area contributed by atoms with E-state index in [4.69, 9.17) is 9.72 Å². The molecular formula is C22H32N4O3. The molecule has 2 saturated heterocycles. The zero-order valence-corrected chi connectivity index (χ0v) is 17.2. The van der Waals surface area contributed by atoms with Crippen molar-refractivity contribution in [2.75, 3.05) is 26.3 Å². The van der Waals surface area contributed by atoms with Gasteiger partial charge in [-0.2, -0.15) is 0 Å². The highest BCUT2D eigenvalue weighted by atomic mass is 16.5. The number of nitrogens with one attached hydrogen (secondary N) is 1. The van der Waals surface area contributed by atoms with E-state index in [1.165, 1.54) is 0 Å². The summed E-state index contributed by atoms with van der Waals surface area (Å²) in [4.78, 5) is 38.3. The minimum Gasteiger partial charge on any atom is -0.381 e. The van der Waals surface area contributed by atoms with Crippen molar-refractivity contribution in [1.82, 2.24) is 19.8 Å². The van der Waals surface area contributed by atoms with Crippen molar-refractivity contribution in [1.29, 1.82) is 0 Å². The van der Waals surface area contributed by atoms with Crippen LogP contribution < -0.4 is 5.56 Å². The number of H-pyrrole nitrogens is 1. The number of hydrogen-bond donors (Lipinski definition) is 1. The lowest BCUT2D eigenvalue weighted by atomic mass is 10.0. The SMILES string of the molecule is O=C(C1CCCC1)N1CCC[C@H]1c1nc2c(c(=O)[nH]1)CN(C1CCOCC1)CC2. The average Bonchev–Trinajstić information content (AvgIpc) is 3.46. The van der Waals surface area contributed by atoms with Gasteiger partial charge in [-0.15, -0.1) is 0 Å². The molecule has 0 radical (unpaired) electrons. The van der Waals surface area contributed by atoms with E-state index in [-0.39, 0.29) is 23.4 Å². The van der Waals surface area contributed by atoms with Gasteiger partial charge in [0.05, 0.1) is 17.3 Å². The number of nitrogens with zero attached hydrogens (tertiary/aromatic N) is 3. The number of fused-ring (bicyclic) bond motifs is 1. The number of aromatic nitrogens is 2. The highest BCUT2D eigenvalue weighted by molar-refractivity contribution is 5.79. The Kier molecular flexibility index (Phi) is 5.43. The molecule has 5 rings (SSSR count). The van der Waals surface area contributed by atoms with Gasteiger partial charge >= 0.3 is 0 Å². The molecule has 0 aromatic carbocycles. The zero-order chi connectivity index (χ0) is 19.8. The van der Waals surface area contributed by atoms with Gasteiger partial charge in [-0.25, -0.2) is 4.98 Å². The molecule has 0 spiro atoms. The largest absolute Gasteiger partial charge is 0.381 e. The first-order valence-electron chi connectivity index (χ1n) is 11.4. The number of rotatable bonds is 3. The Morgan fingerprint density at radius 1 is 1.03 bits per heavy atom. The van der Waals surface area contributed by atoms with Crippen LogP contribution in [0, 0.1) is 5.92 Å². The van der Waals surface area contributed by atoms with Crippen LogP contribution in [0.25, 0.3) is 0 Å². The molecule has 1 aromatic heterocycles. The van der Waals surface area contributed by atoms with E-state index in [9.17, 15) is 9.59 Å². The van der Waals surface area contributed by atoms with Gasteiger partial charge < -0.3 is 14.6 Å². The number of aromatic amines is 1. The standard InChI is InChI=1S/C22H32N4O3/c27-21-17-14-25(16-8-12-29-13-9-16)11-7-18(17)23-20(24-21)19-6-3-10-26(19)22(28)15-4-1-2-5-15/h15-16,19H,1-14H2,(H,23,24,27)/t19-/m0/s1. The summed E-state index contributed by atoms with van der Waals surface area (Å²) in [5, 5.41) is 0. The lowest BCUT2D eigenvalue weighted by molar-refractivity contribution is -0.136. The fourth-order valence-corrected chi connectivity index (χ4v) is 5.71. The third-order valence-electron chi connectivity index (χ3n) is 7.38. The minimum absolute atomic E-state index is 0.0121. The van der Waals surface area contributed by atoms with E-state index in [2.05, 4.69) is 9.88 Å². The Hall–Kier alpha value is -1.73. The van der Waals surface area contributed by atoms with Gasteiger partial charge in [-0.05, 0) is 38.5 Å². The highest BCUT2D eigenvalue weighted by Crippen LogP contribution is 2.35. The van der Waals surface area contributed by atoms with Gasteiger partial charge in [0.25, 0.3) is 5.56 Å². The monoisotopic (exact) mass is 400 g/mol. The maximum atomic E-state index is 13.0. The predicted molar refractivity (Wildman–Crippen MR) is 108 cm³/mol. The van der Waals surface area contributed by atoms with Gasteiger partial charge in [0.2, 0.25) is 5.91 Å². The first kappa shape index (κ1) is 19.2. The Labute approximate surface area is 171 Å². The second kappa shape index (κ2) is 8.19.